The van der Waals surface area contributed by atoms with E-state index >= 15 is 0 Å². The van der Waals surface area contributed by atoms with Gasteiger partial charge in [0, 0.05) is 19.3 Å². The van der Waals surface area contributed by atoms with Crippen molar-refractivity contribution in [3.63, 3.8) is 0 Å². The van der Waals surface area contributed by atoms with Crippen LogP contribution in [0.1, 0.15) is 35.6 Å². The third kappa shape index (κ3) is 6.41. The molecule has 0 spiro atoms. The molecule has 0 aliphatic carbocycles. The highest BCUT2D eigenvalue weighted by Crippen LogP contribution is 2.18. The van der Waals surface area contributed by atoms with E-state index < -0.39 is 6.04 Å². The van der Waals surface area contributed by atoms with E-state index in [2.05, 4.69) is 36.5 Å². The van der Waals surface area contributed by atoms with E-state index in [9.17, 15) is 9.59 Å². The molecule has 5 heteroatoms. The standard InChI is InChI=1S/C23H30N2O2S/c1-5-21(23(27)24-4)25(14-19-10-6-8-17(2)12-19)22(26)16-28-15-20-11-7-9-18(3)13-20/h6-13,21H,5,14-16H2,1-4H3,(H,24,27). The Balaban J connectivity index is 2.10. The monoisotopic (exact) mass is 398 g/mol. The highest BCUT2D eigenvalue weighted by atomic mass is 32.2. The summed E-state index contributed by atoms with van der Waals surface area (Å²) in [5.74, 6) is 1.01. The van der Waals surface area contributed by atoms with Gasteiger partial charge in [0.25, 0.3) is 0 Å². The Labute approximate surface area is 172 Å². The maximum atomic E-state index is 13.0. The van der Waals surface area contributed by atoms with Gasteiger partial charge in [0.15, 0.2) is 0 Å². The SMILES string of the molecule is CCC(C(=O)NC)N(Cc1cccc(C)c1)C(=O)CSCc1cccc(C)c1. The molecule has 0 saturated heterocycles. The summed E-state index contributed by atoms with van der Waals surface area (Å²) in [7, 11) is 1.62. The fraction of sp³-hybridized carbons (Fsp3) is 0.391. The van der Waals surface area contributed by atoms with Gasteiger partial charge in [0.05, 0.1) is 5.75 Å². The number of nitrogens with zero attached hydrogens (tertiary/aromatic N) is 1. The first kappa shape index (κ1) is 22.0. The van der Waals surface area contributed by atoms with Crippen LogP contribution in [0.4, 0.5) is 0 Å². The first-order valence-electron chi connectivity index (χ1n) is 9.64. The predicted molar refractivity (Wildman–Crippen MR) is 117 cm³/mol. The molecule has 28 heavy (non-hydrogen) atoms. The van der Waals surface area contributed by atoms with Crippen molar-refractivity contribution in [2.24, 2.45) is 0 Å². The molecule has 1 N–H and O–H groups in total. The van der Waals surface area contributed by atoms with Crippen LogP contribution in [0.25, 0.3) is 0 Å². The van der Waals surface area contributed by atoms with Gasteiger partial charge in [-0.05, 0) is 31.4 Å². The Kier molecular flexibility index (Phi) is 8.58. The van der Waals surface area contributed by atoms with E-state index in [0.717, 1.165) is 16.9 Å². The topological polar surface area (TPSA) is 49.4 Å². The molecule has 0 radical (unpaired) electrons. The fourth-order valence-electron chi connectivity index (χ4n) is 3.23. The molecule has 0 heterocycles. The number of likely N-dealkylation sites (N-methyl/N-ethyl adjacent to an activating group) is 1. The van der Waals surface area contributed by atoms with Gasteiger partial charge in [0.1, 0.15) is 6.04 Å². The first-order valence-corrected chi connectivity index (χ1v) is 10.8. The molecule has 150 valence electrons. The molecule has 0 aliphatic rings. The quantitative estimate of drug-likeness (QED) is 0.692. The normalized spacial score (nSPS) is 11.7. The number of nitrogens with one attached hydrogen (secondary N) is 1. The molecule has 2 rings (SSSR count). The molecule has 4 nitrogen and oxygen atoms in total. The number of amides is 2. The number of rotatable bonds is 9. The number of aryl methyl sites for hydroxylation is 2. The average molecular weight is 399 g/mol. The summed E-state index contributed by atoms with van der Waals surface area (Å²) in [6.07, 6.45) is 0.583. The van der Waals surface area contributed by atoms with Gasteiger partial charge in [-0.15, -0.1) is 11.8 Å². The Morgan fingerprint density at radius 3 is 2.21 bits per heavy atom. The van der Waals surface area contributed by atoms with Gasteiger partial charge >= 0.3 is 0 Å². The molecule has 2 aromatic carbocycles. The third-order valence-corrected chi connectivity index (χ3v) is 5.63. The van der Waals surface area contributed by atoms with E-state index in [1.807, 2.05) is 38.1 Å². The van der Waals surface area contributed by atoms with Gasteiger partial charge in [-0.1, -0.05) is 66.6 Å². The molecule has 1 atom stereocenters. The summed E-state index contributed by atoms with van der Waals surface area (Å²) in [6.45, 7) is 6.48. The largest absolute Gasteiger partial charge is 0.357 e. The third-order valence-electron chi connectivity index (χ3n) is 4.64. The second-order valence-corrected chi connectivity index (χ2v) is 8.02. The number of thioether (sulfide) groups is 1. The van der Waals surface area contributed by atoms with Crippen LogP contribution >= 0.6 is 11.8 Å². The Bertz CT molecular complexity index is 807. The summed E-state index contributed by atoms with van der Waals surface area (Å²) in [4.78, 5) is 27.1. The minimum absolute atomic E-state index is 0.00499. The zero-order valence-corrected chi connectivity index (χ0v) is 18.0. The molecule has 0 aliphatic heterocycles. The minimum atomic E-state index is -0.461. The van der Waals surface area contributed by atoms with Gasteiger partial charge in [-0.3, -0.25) is 9.59 Å². The lowest BCUT2D eigenvalue weighted by molar-refractivity contribution is -0.139. The number of benzene rings is 2. The minimum Gasteiger partial charge on any atom is -0.357 e. The van der Waals surface area contributed by atoms with Gasteiger partial charge in [-0.2, -0.15) is 0 Å². The van der Waals surface area contributed by atoms with Crippen LogP contribution in [0.3, 0.4) is 0 Å². The van der Waals surface area contributed by atoms with Crippen molar-refractivity contribution in [1.29, 1.82) is 0 Å². The van der Waals surface area contributed by atoms with Crippen LogP contribution in [0.5, 0.6) is 0 Å². The van der Waals surface area contributed by atoms with Crippen molar-refractivity contribution >= 4 is 23.6 Å². The van der Waals surface area contributed by atoms with Gasteiger partial charge in [-0.25, -0.2) is 0 Å². The maximum absolute atomic E-state index is 13.0. The molecule has 0 aromatic heterocycles. The van der Waals surface area contributed by atoms with Crippen molar-refractivity contribution in [3.05, 3.63) is 70.8 Å². The Morgan fingerprint density at radius 1 is 1.04 bits per heavy atom. The lowest BCUT2D eigenvalue weighted by atomic mass is 10.1. The summed E-state index contributed by atoms with van der Waals surface area (Å²) >= 11 is 1.59. The van der Waals surface area contributed by atoms with Crippen LogP contribution in [0.15, 0.2) is 48.5 Å². The van der Waals surface area contributed by atoms with E-state index in [-0.39, 0.29) is 11.8 Å². The second-order valence-electron chi connectivity index (χ2n) is 7.03. The molecule has 0 fully saturated rings. The van der Waals surface area contributed by atoms with Crippen LogP contribution < -0.4 is 5.32 Å². The van der Waals surface area contributed by atoms with Gasteiger partial charge < -0.3 is 10.2 Å². The van der Waals surface area contributed by atoms with Gasteiger partial charge in [0.2, 0.25) is 11.8 Å². The predicted octanol–water partition coefficient (Wildman–Crippen LogP) is 4.09. The lowest BCUT2D eigenvalue weighted by Crippen LogP contribution is -2.48. The first-order chi connectivity index (χ1) is 13.4. The summed E-state index contributed by atoms with van der Waals surface area (Å²) in [5, 5.41) is 2.70. The summed E-state index contributed by atoms with van der Waals surface area (Å²) < 4.78 is 0. The molecule has 2 aromatic rings. The second kappa shape index (κ2) is 10.9. The number of carbonyl (C=O) groups excluding carboxylic acids is 2. The molecular weight excluding hydrogens is 368 g/mol. The Hall–Kier alpha value is -2.27. The number of carbonyl (C=O) groups is 2. The van der Waals surface area contributed by atoms with Crippen molar-refractivity contribution in [2.75, 3.05) is 12.8 Å². The number of hydrogen-bond acceptors (Lipinski definition) is 3. The zero-order valence-electron chi connectivity index (χ0n) is 17.2. The fourth-order valence-corrected chi connectivity index (χ4v) is 4.09. The lowest BCUT2D eigenvalue weighted by Gasteiger charge is -2.30. The van der Waals surface area contributed by atoms with Crippen molar-refractivity contribution in [3.8, 4) is 0 Å². The number of hydrogen-bond donors (Lipinski definition) is 1. The maximum Gasteiger partial charge on any atom is 0.242 e. The molecule has 0 saturated carbocycles. The Morgan fingerprint density at radius 2 is 1.64 bits per heavy atom. The summed E-state index contributed by atoms with van der Waals surface area (Å²) in [6, 6.07) is 16.0. The van der Waals surface area contributed by atoms with Crippen molar-refractivity contribution < 1.29 is 9.59 Å². The highest BCUT2D eigenvalue weighted by molar-refractivity contribution is 7.99. The smallest absolute Gasteiger partial charge is 0.242 e. The highest BCUT2D eigenvalue weighted by Gasteiger charge is 2.27. The van der Waals surface area contributed by atoms with E-state index in [1.165, 1.54) is 11.1 Å². The van der Waals surface area contributed by atoms with Crippen LogP contribution in [-0.2, 0) is 21.9 Å². The van der Waals surface area contributed by atoms with Crippen LogP contribution in [0, 0.1) is 13.8 Å². The zero-order chi connectivity index (χ0) is 20.5. The van der Waals surface area contributed by atoms with E-state index in [1.54, 1.807) is 23.7 Å². The van der Waals surface area contributed by atoms with Crippen LogP contribution in [0.2, 0.25) is 0 Å². The van der Waals surface area contributed by atoms with Crippen molar-refractivity contribution in [1.82, 2.24) is 10.2 Å². The summed E-state index contributed by atoms with van der Waals surface area (Å²) in [5.41, 5.74) is 4.61. The average Bonchev–Trinajstić information content (AvgIpc) is 2.67. The molecular formula is C23H30N2O2S. The van der Waals surface area contributed by atoms with E-state index in [0.29, 0.717) is 18.7 Å². The van der Waals surface area contributed by atoms with E-state index in [4.69, 9.17) is 0 Å². The van der Waals surface area contributed by atoms with Crippen molar-refractivity contribution in [2.45, 2.75) is 45.5 Å². The van der Waals surface area contributed by atoms with Crippen LogP contribution in [-0.4, -0.2) is 35.6 Å². The molecule has 0 bridgehead atoms. The molecule has 1 unspecified atom stereocenters. The molecule has 2 amide bonds.